The molecule has 33 heavy (non-hydrogen) atoms. The fraction of sp³-hybridized carbons (Fsp3) is 0.360. The van der Waals surface area contributed by atoms with E-state index in [9.17, 15) is 23.4 Å². The van der Waals surface area contributed by atoms with E-state index in [2.05, 4.69) is 4.90 Å². The second-order valence-electron chi connectivity index (χ2n) is 8.27. The van der Waals surface area contributed by atoms with Crippen LogP contribution in [-0.4, -0.2) is 47.5 Å². The van der Waals surface area contributed by atoms with E-state index in [0.717, 1.165) is 29.9 Å². The Kier molecular flexibility index (Phi) is 6.65. The smallest absolute Gasteiger partial charge is 0.376 e. The molecule has 4 nitrogen and oxygen atoms in total. The summed E-state index contributed by atoms with van der Waals surface area (Å²) in [6.07, 6.45) is -6.26. The molecule has 4 rings (SSSR count). The zero-order chi connectivity index (χ0) is 24.0. The molecule has 0 saturated carbocycles. The van der Waals surface area contributed by atoms with Crippen LogP contribution in [0.25, 0.3) is 10.8 Å². The van der Waals surface area contributed by atoms with Crippen molar-refractivity contribution in [3.8, 4) is 0 Å². The van der Waals surface area contributed by atoms with Crippen molar-refractivity contribution < 1.29 is 23.4 Å². The minimum absolute atomic E-state index is 0.213. The fourth-order valence-electron chi connectivity index (χ4n) is 4.68. The molecule has 2 unspecified atom stereocenters. The summed E-state index contributed by atoms with van der Waals surface area (Å²) >= 11 is 1.85. The standard InChI is InChI=1S/C25H26F3IN2O2/c1-3-30(4-2)11-12-31-21-15-19(29)14-20(25(26,27)28)22(21)24(33,23(31)32)18-10-9-16-7-5-6-8-17(16)13-18/h5-10,13-15,23,32-33H,3-4,11-12H2,1-2H3. The van der Waals surface area contributed by atoms with Gasteiger partial charge in [-0.25, -0.2) is 0 Å². The van der Waals surface area contributed by atoms with E-state index in [-0.39, 0.29) is 23.4 Å². The zero-order valence-electron chi connectivity index (χ0n) is 18.4. The van der Waals surface area contributed by atoms with Gasteiger partial charge < -0.3 is 20.0 Å². The first-order chi connectivity index (χ1) is 15.6. The SMILES string of the molecule is CCN(CC)CCN1c2cc(I)cc(C(F)(F)F)c2C(O)(c2ccc3ccccc3c2)C1O. The molecule has 0 radical (unpaired) electrons. The number of benzene rings is 3. The number of aliphatic hydroxyl groups excluding tert-OH is 1. The zero-order valence-corrected chi connectivity index (χ0v) is 20.6. The predicted octanol–water partition coefficient (Wildman–Crippen LogP) is 5.18. The summed E-state index contributed by atoms with van der Waals surface area (Å²) in [5.74, 6) is 0. The van der Waals surface area contributed by atoms with Crippen LogP contribution in [0.1, 0.15) is 30.5 Å². The van der Waals surface area contributed by atoms with Gasteiger partial charge in [0.2, 0.25) is 0 Å². The van der Waals surface area contributed by atoms with Crippen molar-refractivity contribution in [1.29, 1.82) is 0 Å². The molecule has 0 saturated heterocycles. The lowest BCUT2D eigenvalue weighted by Gasteiger charge is -2.33. The van der Waals surface area contributed by atoms with E-state index in [1.807, 2.05) is 60.7 Å². The van der Waals surface area contributed by atoms with Crippen LogP contribution >= 0.6 is 22.6 Å². The minimum Gasteiger partial charge on any atom is -0.376 e. The number of fused-ring (bicyclic) bond motifs is 2. The van der Waals surface area contributed by atoms with Crippen molar-refractivity contribution >= 4 is 39.1 Å². The molecule has 0 aromatic heterocycles. The molecular formula is C25H26F3IN2O2. The Morgan fingerprint density at radius 3 is 2.33 bits per heavy atom. The fourth-order valence-corrected chi connectivity index (χ4v) is 5.29. The van der Waals surface area contributed by atoms with E-state index < -0.39 is 23.6 Å². The molecule has 1 aliphatic heterocycles. The lowest BCUT2D eigenvalue weighted by atomic mass is 9.83. The van der Waals surface area contributed by atoms with Gasteiger partial charge in [-0.05, 0) is 70.2 Å². The van der Waals surface area contributed by atoms with Crippen LogP contribution in [-0.2, 0) is 11.8 Å². The van der Waals surface area contributed by atoms with Crippen LogP contribution in [0.4, 0.5) is 18.9 Å². The maximum atomic E-state index is 14.2. The van der Waals surface area contributed by atoms with Crippen molar-refractivity contribution in [3.63, 3.8) is 0 Å². The lowest BCUT2D eigenvalue weighted by molar-refractivity contribution is -0.141. The van der Waals surface area contributed by atoms with Crippen molar-refractivity contribution in [3.05, 3.63) is 74.9 Å². The summed E-state index contributed by atoms with van der Waals surface area (Å²) in [5, 5.41) is 25.0. The molecule has 0 spiro atoms. The number of likely N-dealkylation sites (N-methyl/N-ethyl adjacent to an activating group) is 1. The first-order valence-corrected chi connectivity index (χ1v) is 12.0. The molecule has 1 heterocycles. The van der Waals surface area contributed by atoms with E-state index in [1.54, 1.807) is 24.3 Å². The molecule has 0 aliphatic carbocycles. The Morgan fingerprint density at radius 1 is 1.03 bits per heavy atom. The number of halogens is 4. The van der Waals surface area contributed by atoms with Gasteiger partial charge in [-0.15, -0.1) is 0 Å². The average Bonchev–Trinajstić information content (AvgIpc) is 3.00. The highest BCUT2D eigenvalue weighted by Gasteiger charge is 2.55. The highest BCUT2D eigenvalue weighted by Crippen LogP contribution is 2.52. The molecule has 2 N–H and O–H groups in total. The van der Waals surface area contributed by atoms with E-state index in [0.29, 0.717) is 10.1 Å². The molecule has 0 bridgehead atoms. The number of nitrogens with zero attached hydrogens (tertiary/aromatic N) is 2. The molecule has 0 amide bonds. The maximum absolute atomic E-state index is 14.2. The quantitative estimate of drug-likeness (QED) is 0.402. The summed E-state index contributed by atoms with van der Waals surface area (Å²) in [6.45, 7) is 6.40. The summed E-state index contributed by atoms with van der Waals surface area (Å²) in [7, 11) is 0. The monoisotopic (exact) mass is 570 g/mol. The molecule has 2 atom stereocenters. The van der Waals surface area contributed by atoms with Gasteiger partial charge in [-0.3, -0.25) is 0 Å². The first kappa shape index (κ1) is 24.3. The molecule has 8 heteroatoms. The average molecular weight is 570 g/mol. The number of hydrogen-bond donors (Lipinski definition) is 2. The third-order valence-electron chi connectivity index (χ3n) is 6.49. The van der Waals surface area contributed by atoms with Gasteiger partial charge in [0, 0.05) is 27.9 Å². The topological polar surface area (TPSA) is 46.9 Å². The lowest BCUT2D eigenvalue weighted by Crippen LogP contribution is -2.48. The molecular weight excluding hydrogens is 544 g/mol. The Balaban J connectivity index is 1.92. The van der Waals surface area contributed by atoms with E-state index in [4.69, 9.17) is 0 Å². The Hall–Kier alpha value is -1.88. The minimum atomic E-state index is -4.69. The second-order valence-corrected chi connectivity index (χ2v) is 9.51. The number of aliphatic hydroxyl groups is 2. The number of rotatable bonds is 6. The van der Waals surface area contributed by atoms with Crippen LogP contribution < -0.4 is 4.90 Å². The van der Waals surface area contributed by atoms with Crippen LogP contribution in [0.2, 0.25) is 0 Å². The molecule has 3 aromatic carbocycles. The van der Waals surface area contributed by atoms with Crippen molar-refractivity contribution in [2.45, 2.75) is 31.9 Å². The van der Waals surface area contributed by atoms with Crippen molar-refractivity contribution in [1.82, 2.24) is 4.90 Å². The van der Waals surface area contributed by atoms with Gasteiger partial charge in [0.25, 0.3) is 0 Å². The van der Waals surface area contributed by atoms with Crippen molar-refractivity contribution in [2.24, 2.45) is 0 Å². The third kappa shape index (κ3) is 4.22. The van der Waals surface area contributed by atoms with Gasteiger partial charge in [0.15, 0.2) is 11.8 Å². The van der Waals surface area contributed by atoms with Gasteiger partial charge in [0.1, 0.15) is 0 Å². The molecule has 1 aliphatic rings. The molecule has 176 valence electrons. The summed E-state index contributed by atoms with van der Waals surface area (Å²) < 4.78 is 43.0. The summed E-state index contributed by atoms with van der Waals surface area (Å²) in [4.78, 5) is 3.62. The first-order valence-electron chi connectivity index (χ1n) is 10.9. The van der Waals surface area contributed by atoms with Crippen LogP contribution in [0.15, 0.2) is 54.6 Å². The second kappa shape index (κ2) is 9.05. The number of alkyl halides is 3. The van der Waals surface area contributed by atoms with Crippen LogP contribution in [0, 0.1) is 3.57 Å². The Labute approximate surface area is 204 Å². The maximum Gasteiger partial charge on any atom is 0.416 e. The van der Waals surface area contributed by atoms with Gasteiger partial charge in [0.05, 0.1) is 5.56 Å². The van der Waals surface area contributed by atoms with E-state index in [1.165, 1.54) is 4.90 Å². The summed E-state index contributed by atoms with van der Waals surface area (Å²) in [5.41, 5.74) is -3.02. The van der Waals surface area contributed by atoms with Gasteiger partial charge in [-0.2, -0.15) is 13.2 Å². The third-order valence-corrected chi connectivity index (χ3v) is 7.11. The normalized spacial score (nSPS) is 20.6. The predicted molar refractivity (Wildman–Crippen MR) is 132 cm³/mol. The van der Waals surface area contributed by atoms with Crippen molar-refractivity contribution in [2.75, 3.05) is 31.1 Å². The van der Waals surface area contributed by atoms with Crippen LogP contribution in [0.5, 0.6) is 0 Å². The van der Waals surface area contributed by atoms with Gasteiger partial charge in [-0.1, -0.05) is 50.2 Å². The van der Waals surface area contributed by atoms with Crippen LogP contribution in [0.3, 0.4) is 0 Å². The highest BCUT2D eigenvalue weighted by molar-refractivity contribution is 14.1. The summed E-state index contributed by atoms with van der Waals surface area (Å²) in [6, 6.07) is 15.1. The molecule has 3 aromatic rings. The van der Waals surface area contributed by atoms with Gasteiger partial charge >= 0.3 is 6.18 Å². The highest BCUT2D eigenvalue weighted by atomic mass is 127. The largest absolute Gasteiger partial charge is 0.416 e. The Morgan fingerprint density at radius 2 is 1.70 bits per heavy atom. The Bertz CT molecular complexity index is 1170. The number of hydrogen-bond acceptors (Lipinski definition) is 4. The van der Waals surface area contributed by atoms with E-state index >= 15 is 0 Å². The number of anilines is 1. The molecule has 0 fully saturated rings.